The van der Waals surface area contributed by atoms with Crippen molar-refractivity contribution < 1.29 is 9.53 Å². The Bertz CT molecular complexity index is 592. The Labute approximate surface area is 112 Å². The van der Waals surface area contributed by atoms with Gasteiger partial charge in [0.25, 0.3) is 5.91 Å². The lowest BCUT2D eigenvalue weighted by molar-refractivity contribution is -0.127. The largest absolute Gasteiger partial charge is 0.481 e. The molecule has 1 amide bonds. The highest BCUT2D eigenvalue weighted by Gasteiger charge is 2.13. The molecule has 0 aliphatic rings. The van der Waals surface area contributed by atoms with Gasteiger partial charge in [0.1, 0.15) is 5.75 Å². The molecule has 2 aromatic rings. The van der Waals surface area contributed by atoms with E-state index in [1.807, 2.05) is 42.5 Å². The zero-order valence-electron chi connectivity index (χ0n) is 10.9. The molecule has 0 aliphatic heterocycles. The van der Waals surface area contributed by atoms with E-state index < -0.39 is 6.10 Å². The molecule has 1 unspecified atom stereocenters. The third kappa shape index (κ3) is 3.35. The van der Waals surface area contributed by atoms with Crippen molar-refractivity contribution in [3.05, 3.63) is 55.1 Å². The van der Waals surface area contributed by atoms with Gasteiger partial charge in [-0.25, -0.2) is 0 Å². The van der Waals surface area contributed by atoms with Crippen LogP contribution in [0.3, 0.4) is 0 Å². The molecule has 0 saturated heterocycles. The van der Waals surface area contributed by atoms with Crippen LogP contribution in [0.4, 0.5) is 0 Å². The number of rotatable bonds is 5. The highest BCUT2D eigenvalue weighted by atomic mass is 16.5. The van der Waals surface area contributed by atoms with Gasteiger partial charge < -0.3 is 10.1 Å². The molecule has 19 heavy (non-hydrogen) atoms. The third-order valence-corrected chi connectivity index (χ3v) is 2.82. The minimum absolute atomic E-state index is 0.145. The monoisotopic (exact) mass is 255 g/mol. The Kier molecular flexibility index (Phi) is 4.18. The van der Waals surface area contributed by atoms with Gasteiger partial charge in [0, 0.05) is 6.54 Å². The Morgan fingerprint density at radius 2 is 2.05 bits per heavy atom. The Morgan fingerprint density at radius 1 is 1.32 bits per heavy atom. The highest BCUT2D eigenvalue weighted by Crippen LogP contribution is 2.21. The SMILES string of the molecule is C=CCNC(=O)C(C)Oc1ccc2ccccc2c1. The predicted molar refractivity (Wildman–Crippen MR) is 77.2 cm³/mol. The molecule has 1 N–H and O–H groups in total. The van der Waals surface area contributed by atoms with Gasteiger partial charge in [0.2, 0.25) is 0 Å². The molecule has 0 bridgehead atoms. The van der Waals surface area contributed by atoms with E-state index in [2.05, 4.69) is 11.9 Å². The topological polar surface area (TPSA) is 38.3 Å². The van der Waals surface area contributed by atoms with Crippen molar-refractivity contribution in [2.45, 2.75) is 13.0 Å². The summed E-state index contributed by atoms with van der Waals surface area (Å²) in [5.74, 6) is 0.549. The fourth-order valence-electron chi connectivity index (χ4n) is 1.81. The molecule has 3 heteroatoms. The first-order valence-corrected chi connectivity index (χ1v) is 6.25. The molecule has 98 valence electrons. The zero-order chi connectivity index (χ0) is 13.7. The molecule has 0 aliphatic carbocycles. The Hall–Kier alpha value is -2.29. The number of ether oxygens (including phenoxy) is 1. The maximum absolute atomic E-state index is 11.7. The summed E-state index contributed by atoms with van der Waals surface area (Å²) in [5.41, 5.74) is 0. The van der Waals surface area contributed by atoms with Gasteiger partial charge in [-0.2, -0.15) is 0 Å². The van der Waals surface area contributed by atoms with Crippen LogP contribution in [0.15, 0.2) is 55.1 Å². The van der Waals surface area contributed by atoms with Gasteiger partial charge in [-0.3, -0.25) is 4.79 Å². The van der Waals surface area contributed by atoms with E-state index in [-0.39, 0.29) is 5.91 Å². The van der Waals surface area contributed by atoms with Crippen LogP contribution in [0.5, 0.6) is 5.75 Å². The second-order valence-electron chi connectivity index (χ2n) is 4.30. The van der Waals surface area contributed by atoms with Gasteiger partial charge in [0.05, 0.1) is 0 Å². The summed E-state index contributed by atoms with van der Waals surface area (Å²) < 4.78 is 5.63. The molecular formula is C16H17NO2. The summed E-state index contributed by atoms with van der Waals surface area (Å²) in [4.78, 5) is 11.7. The van der Waals surface area contributed by atoms with E-state index in [0.717, 1.165) is 10.8 Å². The Balaban J connectivity index is 2.08. The summed E-state index contributed by atoms with van der Waals surface area (Å²) in [7, 11) is 0. The number of nitrogens with one attached hydrogen (secondary N) is 1. The van der Waals surface area contributed by atoms with Crippen molar-refractivity contribution in [2.24, 2.45) is 0 Å². The minimum Gasteiger partial charge on any atom is -0.481 e. The predicted octanol–water partition coefficient (Wildman–Crippen LogP) is 2.91. The molecule has 0 heterocycles. The molecule has 3 nitrogen and oxygen atoms in total. The maximum atomic E-state index is 11.7. The van der Waals surface area contributed by atoms with Gasteiger partial charge >= 0.3 is 0 Å². The van der Waals surface area contributed by atoms with E-state index in [9.17, 15) is 4.79 Å². The number of amides is 1. The molecule has 1 atom stereocenters. The summed E-state index contributed by atoms with van der Waals surface area (Å²) in [6, 6.07) is 13.8. The van der Waals surface area contributed by atoms with Crippen molar-refractivity contribution in [2.75, 3.05) is 6.54 Å². The van der Waals surface area contributed by atoms with Crippen molar-refractivity contribution in [1.82, 2.24) is 5.32 Å². The minimum atomic E-state index is -0.527. The fraction of sp³-hybridized carbons (Fsp3) is 0.188. The van der Waals surface area contributed by atoms with Crippen LogP contribution in [0.2, 0.25) is 0 Å². The normalized spacial score (nSPS) is 11.8. The van der Waals surface area contributed by atoms with Crippen LogP contribution in [0.25, 0.3) is 10.8 Å². The number of hydrogen-bond donors (Lipinski definition) is 1. The van der Waals surface area contributed by atoms with E-state index >= 15 is 0 Å². The molecule has 2 rings (SSSR count). The van der Waals surface area contributed by atoms with Gasteiger partial charge in [0.15, 0.2) is 6.10 Å². The lowest BCUT2D eigenvalue weighted by atomic mass is 10.1. The van der Waals surface area contributed by atoms with Crippen LogP contribution < -0.4 is 10.1 Å². The first-order chi connectivity index (χ1) is 9.20. The van der Waals surface area contributed by atoms with Crippen LogP contribution >= 0.6 is 0 Å². The van der Waals surface area contributed by atoms with E-state index in [1.165, 1.54) is 0 Å². The van der Waals surface area contributed by atoms with E-state index in [1.54, 1.807) is 13.0 Å². The van der Waals surface area contributed by atoms with Crippen molar-refractivity contribution in [3.8, 4) is 5.75 Å². The molecule has 0 aromatic heterocycles. The van der Waals surface area contributed by atoms with Crippen LogP contribution in [-0.2, 0) is 4.79 Å². The smallest absolute Gasteiger partial charge is 0.261 e. The summed E-state index contributed by atoms with van der Waals surface area (Å²) in [6.07, 6.45) is 1.11. The lowest BCUT2D eigenvalue weighted by Crippen LogP contribution is -2.36. The van der Waals surface area contributed by atoms with Gasteiger partial charge in [-0.05, 0) is 29.8 Å². The van der Waals surface area contributed by atoms with Crippen molar-refractivity contribution in [1.29, 1.82) is 0 Å². The summed E-state index contributed by atoms with van der Waals surface area (Å²) >= 11 is 0. The molecule has 0 radical (unpaired) electrons. The Morgan fingerprint density at radius 3 is 2.79 bits per heavy atom. The second kappa shape index (κ2) is 6.05. The van der Waals surface area contributed by atoms with Crippen molar-refractivity contribution in [3.63, 3.8) is 0 Å². The molecular weight excluding hydrogens is 238 g/mol. The summed E-state index contributed by atoms with van der Waals surface area (Å²) in [6.45, 7) is 5.73. The first kappa shape index (κ1) is 13.1. The lowest BCUT2D eigenvalue weighted by Gasteiger charge is -2.14. The first-order valence-electron chi connectivity index (χ1n) is 6.25. The molecule has 0 saturated carbocycles. The van der Waals surface area contributed by atoms with Crippen LogP contribution in [0, 0.1) is 0 Å². The summed E-state index contributed by atoms with van der Waals surface area (Å²) in [5, 5.41) is 4.96. The molecule has 0 spiro atoms. The maximum Gasteiger partial charge on any atom is 0.261 e. The number of fused-ring (bicyclic) bond motifs is 1. The zero-order valence-corrected chi connectivity index (χ0v) is 10.9. The van der Waals surface area contributed by atoms with Crippen molar-refractivity contribution >= 4 is 16.7 Å². The number of carbonyl (C=O) groups is 1. The quantitative estimate of drug-likeness (QED) is 0.834. The van der Waals surface area contributed by atoms with Gasteiger partial charge in [-0.15, -0.1) is 6.58 Å². The van der Waals surface area contributed by atoms with Gasteiger partial charge in [-0.1, -0.05) is 36.4 Å². The van der Waals surface area contributed by atoms with E-state index in [4.69, 9.17) is 4.74 Å². The average molecular weight is 255 g/mol. The van der Waals surface area contributed by atoms with Crippen LogP contribution in [0.1, 0.15) is 6.92 Å². The standard InChI is InChI=1S/C16H17NO2/c1-3-10-17-16(18)12(2)19-15-9-8-13-6-4-5-7-14(13)11-15/h3-9,11-12H,1,10H2,2H3,(H,17,18). The van der Waals surface area contributed by atoms with Crippen LogP contribution in [-0.4, -0.2) is 18.6 Å². The third-order valence-electron chi connectivity index (χ3n) is 2.82. The van der Waals surface area contributed by atoms with E-state index in [0.29, 0.717) is 12.3 Å². The fourth-order valence-corrected chi connectivity index (χ4v) is 1.81. The number of hydrogen-bond acceptors (Lipinski definition) is 2. The molecule has 2 aromatic carbocycles. The number of carbonyl (C=O) groups excluding carboxylic acids is 1. The number of benzene rings is 2. The average Bonchev–Trinajstić information content (AvgIpc) is 2.44. The molecule has 0 fully saturated rings. The second-order valence-corrected chi connectivity index (χ2v) is 4.30. The highest BCUT2D eigenvalue weighted by molar-refractivity contribution is 5.84.